The second-order valence-electron chi connectivity index (χ2n) is 3.53. The van der Waals surface area contributed by atoms with Gasteiger partial charge in [-0.3, -0.25) is 0 Å². The molecule has 1 aromatic carbocycles. The van der Waals surface area contributed by atoms with E-state index >= 15 is 0 Å². The molecule has 2 rings (SSSR count). The third kappa shape index (κ3) is 1.96. The molecule has 0 bridgehead atoms. The van der Waals surface area contributed by atoms with Crippen LogP contribution in [-0.4, -0.2) is 26.8 Å². The summed E-state index contributed by atoms with van der Waals surface area (Å²) >= 11 is 0. The van der Waals surface area contributed by atoms with Crippen molar-refractivity contribution in [3.63, 3.8) is 0 Å². The van der Waals surface area contributed by atoms with Gasteiger partial charge in [-0.1, -0.05) is 18.2 Å². The maximum Gasteiger partial charge on any atom is 0.179 e. The predicted molar refractivity (Wildman–Crippen MR) is 54.9 cm³/mol. The van der Waals surface area contributed by atoms with Gasteiger partial charge in [-0.05, 0) is 25.1 Å². The van der Waals surface area contributed by atoms with Gasteiger partial charge in [-0.25, -0.2) is 8.42 Å². The van der Waals surface area contributed by atoms with Gasteiger partial charge in [0.1, 0.15) is 0 Å². The van der Waals surface area contributed by atoms with Crippen LogP contribution in [0, 0.1) is 0 Å². The van der Waals surface area contributed by atoms with E-state index in [1.165, 1.54) is 0 Å². The van der Waals surface area contributed by atoms with Crippen LogP contribution < -0.4 is 5.32 Å². The Morgan fingerprint density at radius 2 is 1.93 bits per heavy atom. The molecule has 76 valence electrons. The zero-order chi connectivity index (χ0) is 10.0. The Hall–Kier alpha value is -0.870. The average Bonchev–Trinajstić information content (AvgIpc) is 2.13. The van der Waals surface area contributed by atoms with Crippen molar-refractivity contribution >= 4 is 9.84 Å². The quantitative estimate of drug-likeness (QED) is 0.805. The Balaban J connectivity index is 2.15. The zero-order valence-electron chi connectivity index (χ0n) is 7.81. The van der Waals surface area contributed by atoms with E-state index in [4.69, 9.17) is 0 Å². The highest BCUT2D eigenvalue weighted by molar-refractivity contribution is 7.91. The van der Waals surface area contributed by atoms with Crippen molar-refractivity contribution in [1.82, 2.24) is 5.32 Å². The van der Waals surface area contributed by atoms with Gasteiger partial charge < -0.3 is 5.32 Å². The lowest BCUT2D eigenvalue weighted by atomic mass is 10.1. The van der Waals surface area contributed by atoms with Gasteiger partial charge >= 0.3 is 0 Å². The van der Waals surface area contributed by atoms with Crippen molar-refractivity contribution < 1.29 is 8.42 Å². The van der Waals surface area contributed by atoms with E-state index in [2.05, 4.69) is 5.32 Å². The first kappa shape index (κ1) is 9.68. The molecule has 0 amide bonds. The lowest BCUT2D eigenvalue weighted by molar-refractivity contribution is 0.399. The van der Waals surface area contributed by atoms with Crippen LogP contribution in [0.15, 0.2) is 35.2 Å². The normalized spacial score (nSPS) is 21.6. The highest BCUT2D eigenvalue weighted by Crippen LogP contribution is 2.14. The van der Waals surface area contributed by atoms with Crippen molar-refractivity contribution in [3.05, 3.63) is 30.3 Å². The van der Waals surface area contributed by atoms with E-state index in [0.29, 0.717) is 4.90 Å². The van der Waals surface area contributed by atoms with Gasteiger partial charge in [0.15, 0.2) is 9.84 Å². The Labute approximate surface area is 84.1 Å². The molecule has 1 heterocycles. The van der Waals surface area contributed by atoms with Crippen molar-refractivity contribution in [2.75, 3.05) is 12.3 Å². The van der Waals surface area contributed by atoms with Crippen LogP contribution in [-0.2, 0) is 9.84 Å². The fraction of sp³-hybridized carbons (Fsp3) is 0.400. The first-order valence-electron chi connectivity index (χ1n) is 4.70. The zero-order valence-corrected chi connectivity index (χ0v) is 8.63. The molecule has 1 atom stereocenters. The van der Waals surface area contributed by atoms with E-state index in [9.17, 15) is 8.42 Å². The first-order valence-corrected chi connectivity index (χ1v) is 6.35. The minimum Gasteiger partial charge on any atom is -0.313 e. The molecular weight excluding hydrogens is 198 g/mol. The number of hydrogen-bond acceptors (Lipinski definition) is 3. The monoisotopic (exact) mass is 211 g/mol. The molecule has 1 saturated heterocycles. The van der Waals surface area contributed by atoms with Gasteiger partial charge in [-0.2, -0.15) is 0 Å². The molecule has 0 aromatic heterocycles. The fourth-order valence-electron chi connectivity index (χ4n) is 1.48. The summed E-state index contributed by atoms with van der Waals surface area (Å²) in [4.78, 5) is 0.425. The van der Waals surface area contributed by atoms with Crippen LogP contribution in [0.25, 0.3) is 0 Å². The molecular formula is C10H13NO2S. The van der Waals surface area contributed by atoms with Crippen molar-refractivity contribution in [3.8, 4) is 0 Å². The van der Waals surface area contributed by atoms with Gasteiger partial charge in [0.2, 0.25) is 0 Å². The molecule has 1 aliphatic rings. The fourth-order valence-corrected chi connectivity index (χ4v) is 3.06. The van der Waals surface area contributed by atoms with Crippen molar-refractivity contribution in [1.29, 1.82) is 0 Å². The number of rotatable bonds is 3. The Kier molecular flexibility index (Phi) is 2.56. The molecule has 1 aromatic rings. The standard InChI is InChI=1S/C10H13NO2S/c12-14(13,8-9-6-7-11-9)10-4-2-1-3-5-10/h1-5,9,11H,6-8H2. The number of hydrogen-bond donors (Lipinski definition) is 1. The van der Waals surface area contributed by atoms with Crippen molar-refractivity contribution in [2.24, 2.45) is 0 Å². The van der Waals surface area contributed by atoms with Crippen LogP contribution in [0.5, 0.6) is 0 Å². The summed E-state index contributed by atoms with van der Waals surface area (Å²) < 4.78 is 23.6. The lowest BCUT2D eigenvalue weighted by Crippen LogP contribution is -2.47. The average molecular weight is 211 g/mol. The van der Waals surface area contributed by atoms with Gasteiger partial charge in [0.25, 0.3) is 0 Å². The molecule has 0 saturated carbocycles. The minimum atomic E-state index is -3.08. The Morgan fingerprint density at radius 3 is 2.43 bits per heavy atom. The van der Waals surface area contributed by atoms with Crippen LogP contribution in [0.2, 0.25) is 0 Å². The van der Waals surface area contributed by atoms with Gasteiger partial charge in [0, 0.05) is 6.04 Å². The molecule has 1 N–H and O–H groups in total. The molecule has 4 heteroatoms. The highest BCUT2D eigenvalue weighted by Gasteiger charge is 2.24. The lowest BCUT2D eigenvalue weighted by Gasteiger charge is -2.27. The van der Waals surface area contributed by atoms with Crippen LogP contribution >= 0.6 is 0 Å². The summed E-state index contributed by atoms with van der Waals surface area (Å²) in [5.74, 6) is 0.219. The summed E-state index contributed by atoms with van der Waals surface area (Å²) in [6.07, 6.45) is 0.964. The molecule has 0 spiro atoms. The van der Waals surface area contributed by atoms with Gasteiger partial charge in [0.05, 0.1) is 10.6 Å². The summed E-state index contributed by atoms with van der Waals surface area (Å²) in [5, 5.41) is 3.09. The van der Waals surface area contributed by atoms with E-state index in [1.807, 2.05) is 6.07 Å². The second kappa shape index (κ2) is 3.71. The van der Waals surface area contributed by atoms with E-state index in [-0.39, 0.29) is 11.8 Å². The SMILES string of the molecule is O=S(=O)(CC1CCN1)c1ccccc1. The summed E-state index contributed by atoms with van der Waals surface area (Å²) in [6.45, 7) is 0.939. The van der Waals surface area contributed by atoms with E-state index in [1.54, 1.807) is 24.3 Å². The molecule has 1 fully saturated rings. The van der Waals surface area contributed by atoms with E-state index < -0.39 is 9.84 Å². The number of sulfone groups is 1. The topological polar surface area (TPSA) is 46.2 Å². The molecule has 1 aliphatic heterocycles. The van der Waals surface area contributed by atoms with Crippen LogP contribution in [0.4, 0.5) is 0 Å². The number of benzene rings is 1. The Bertz CT molecular complexity index is 395. The molecule has 3 nitrogen and oxygen atoms in total. The third-order valence-corrected chi connectivity index (χ3v) is 4.28. The minimum absolute atomic E-state index is 0.153. The summed E-state index contributed by atoms with van der Waals surface area (Å²) in [5.41, 5.74) is 0. The van der Waals surface area contributed by atoms with Gasteiger partial charge in [-0.15, -0.1) is 0 Å². The van der Waals surface area contributed by atoms with E-state index in [0.717, 1.165) is 13.0 Å². The summed E-state index contributed by atoms with van der Waals surface area (Å²) in [7, 11) is -3.08. The Morgan fingerprint density at radius 1 is 1.29 bits per heavy atom. The molecule has 0 radical (unpaired) electrons. The molecule has 0 aliphatic carbocycles. The second-order valence-corrected chi connectivity index (χ2v) is 5.57. The number of nitrogens with one attached hydrogen (secondary N) is 1. The maximum absolute atomic E-state index is 11.8. The third-order valence-electron chi connectivity index (χ3n) is 2.45. The van der Waals surface area contributed by atoms with Crippen molar-refractivity contribution in [2.45, 2.75) is 17.4 Å². The maximum atomic E-state index is 11.8. The largest absolute Gasteiger partial charge is 0.313 e. The summed E-state index contributed by atoms with van der Waals surface area (Å²) in [6, 6.07) is 8.77. The van der Waals surface area contributed by atoms with Crippen LogP contribution in [0.3, 0.4) is 0 Å². The first-order chi connectivity index (χ1) is 6.68. The smallest absolute Gasteiger partial charge is 0.179 e. The predicted octanol–water partition coefficient (Wildman–Crippen LogP) is 0.822. The molecule has 1 unspecified atom stereocenters. The molecule has 14 heavy (non-hydrogen) atoms. The van der Waals surface area contributed by atoms with Crippen LogP contribution in [0.1, 0.15) is 6.42 Å². The highest BCUT2D eigenvalue weighted by atomic mass is 32.2.